The summed E-state index contributed by atoms with van der Waals surface area (Å²) in [6.07, 6.45) is -0.274. The molecule has 0 aliphatic carbocycles. The highest BCUT2D eigenvalue weighted by atomic mass is 32.2. The number of fused-ring (bicyclic) bond motifs is 2. The van der Waals surface area contributed by atoms with Gasteiger partial charge in [0, 0.05) is 36.4 Å². The molecule has 50 heavy (non-hydrogen) atoms. The number of hydrogen-bond donors (Lipinski definition) is 3. The van der Waals surface area contributed by atoms with Gasteiger partial charge in [0.2, 0.25) is 11.8 Å². The number of amides is 2. The standard InChI is InChI=1S/C40H47N3O6S/c1-40(2,3)43-24-32(49-37-19-11-16-28-14-7-10-18-34(28)37)22-36(43)39(46)41-23-31(44)21-30(20-27-12-5-4-6-13-27)38(45)42-35-26-50(47,48)25-29-15-8-9-17-33(29)35/h4-19,30-32,35-36,44H,20-26H2,1-3H3,(H,41,46)(H,42,45)/t30-,31+,32+,35-,36?/m1/s1. The van der Waals surface area contributed by atoms with Gasteiger partial charge in [-0.3, -0.25) is 14.5 Å². The number of benzene rings is 4. The summed E-state index contributed by atoms with van der Waals surface area (Å²) in [5.41, 5.74) is 2.10. The van der Waals surface area contributed by atoms with E-state index >= 15 is 0 Å². The van der Waals surface area contributed by atoms with Gasteiger partial charge in [0.15, 0.2) is 9.84 Å². The molecular formula is C40H47N3O6S. The molecule has 0 saturated carbocycles. The van der Waals surface area contributed by atoms with Gasteiger partial charge in [-0.05, 0) is 61.8 Å². The van der Waals surface area contributed by atoms with Crippen molar-refractivity contribution in [1.82, 2.24) is 15.5 Å². The molecule has 0 radical (unpaired) electrons. The van der Waals surface area contributed by atoms with Gasteiger partial charge in [0.05, 0.1) is 29.7 Å². The SMILES string of the molecule is CC(C)(C)N1C[C@@H](Oc2cccc3ccccc23)CC1C(=O)NC[C@@H](O)C[C@@H](Cc1ccccc1)C(=O)N[C@@H]1CS(=O)(=O)Cc2ccccc21. The van der Waals surface area contributed by atoms with Crippen molar-refractivity contribution in [2.24, 2.45) is 5.92 Å². The second-order valence-corrected chi connectivity index (χ2v) is 16.7. The van der Waals surface area contributed by atoms with E-state index in [1.165, 1.54) is 0 Å². The van der Waals surface area contributed by atoms with Gasteiger partial charge >= 0.3 is 0 Å². The number of ether oxygens (including phenoxy) is 1. The molecule has 6 rings (SSSR count). The molecule has 2 heterocycles. The summed E-state index contributed by atoms with van der Waals surface area (Å²) < 4.78 is 31.9. The van der Waals surface area contributed by atoms with Crippen molar-refractivity contribution in [3.05, 3.63) is 114 Å². The molecule has 9 nitrogen and oxygen atoms in total. The molecule has 3 N–H and O–H groups in total. The van der Waals surface area contributed by atoms with Gasteiger partial charge in [0.25, 0.3) is 0 Å². The fourth-order valence-corrected chi connectivity index (χ4v) is 8.96. The van der Waals surface area contributed by atoms with E-state index in [1.54, 1.807) is 12.1 Å². The van der Waals surface area contributed by atoms with Gasteiger partial charge in [-0.1, -0.05) is 91.0 Å². The lowest BCUT2D eigenvalue weighted by Gasteiger charge is -2.36. The third-order valence-electron chi connectivity index (χ3n) is 9.78. The fraction of sp³-hybridized carbons (Fsp3) is 0.400. The normalized spacial score (nSPS) is 21.6. The highest BCUT2D eigenvalue weighted by Gasteiger charge is 2.43. The van der Waals surface area contributed by atoms with Crippen LogP contribution >= 0.6 is 0 Å². The first-order valence-corrected chi connectivity index (χ1v) is 19.2. The Morgan fingerprint density at radius 3 is 2.42 bits per heavy atom. The second-order valence-electron chi connectivity index (χ2n) is 14.6. The number of nitrogens with zero attached hydrogens (tertiary/aromatic N) is 1. The zero-order chi connectivity index (χ0) is 35.5. The van der Waals surface area contributed by atoms with Gasteiger partial charge in [-0.25, -0.2) is 8.42 Å². The van der Waals surface area contributed by atoms with Crippen LogP contribution in [0.4, 0.5) is 0 Å². The van der Waals surface area contributed by atoms with Gasteiger partial charge in [0.1, 0.15) is 11.9 Å². The summed E-state index contributed by atoms with van der Waals surface area (Å²) in [7, 11) is -3.40. The largest absolute Gasteiger partial charge is 0.488 e. The number of likely N-dealkylation sites (tertiary alicyclic amines) is 1. The number of aliphatic hydroxyl groups is 1. The van der Waals surface area contributed by atoms with E-state index in [1.807, 2.05) is 84.9 Å². The lowest BCUT2D eigenvalue weighted by molar-refractivity contribution is -0.127. The van der Waals surface area contributed by atoms with E-state index < -0.39 is 33.9 Å². The van der Waals surface area contributed by atoms with Crippen molar-refractivity contribution >= 4 is 32.4 Å². The van der Waals surface area contributed by atoms with Crippen LogP contribution in [0, 0.1) is 5.92 Å². The molecule has 1 fully saturated rings. The Morgan fingerprint density at radius 2 is 1.64 bits per heavy atom. The van der Waals surface area contributed by atoms with Crippen LogP contribution in [0.1, 0.15) is 56.3 Å². The number of sulfone groups is 1. The first-order valence-electron chi connectivity index (χ1n) is 17.4. The number of aliphatic hydroxyl groups excluding tert-OH is 1. The smallest absolute Gasteiger partial charge is 0.237 e. The molecule has 1 unspecified atom stereocenters. The van der Waals surface area contributed by atoms with Crippen LogP contribution in [0.2, 0.25) is 0 Å². The molecule has 0 aromatic heterocycles. The molecule has 1 saturated heterocycles. The monoisotopic (exact) mass is 697 g/mol. The molecule has 264 valence electrons. The Hall–Kier alpha value is -4.25. The maximum absolute atomic E-state index is 13.8. The van der Waals surface area contributed by atoms with Crippen LogP contribution < -0.4 is 15.4 Å². The predicted molar refractivity (Wildman–Crippen MR) is 195 cm³/mol. The number of carbonyl (C=O) groups is 2. The summed E-state index contributed by atoms with van der Waals surface area (Å²) in [6, 6.07) is 29.7. The van der Waals surface area contributed by atoms with Crippen molar-refractivity contribution in [2.45, 2.75) is 75.6 Å². The van der Waals surface area contributed by atoms with Crippen molar-refractivity contribution in [3.8, 4) is 5.75 Å². The topological polar surface area (TPSA) is 125 Å². The van der Waals surface area contributed by atoms with Crippen LogP contribution in [-0.2, 0) is 31.6 Å². The van der Waals surface area contributed by atoms with Crippen molar-refractivity contribution in [3.63, 3.8) is 0 Å². The van der Waals surface area contributed by atoms with Gasteiger partial charge in [-0.2, -0.15) is 0 Å². The van der Waals surface area contributed by atoms with E-state index in [4.69, 9.17) is 4.74 Å². The Morgan fingerprint density at radius 1 is 0.940 bits per heavy atom. The van der Waals surface area contributed by atoms with Gasteiger partial charge in [-0.15, -0.1) is 0 Å². The molecule has 4 aromatic rings. The Kier molecular flexibility index (Phi) is 10.6. The van der Waals surface area contributed by atoms with Crippen LogP contribution in [-0.4, -0.2) is 72.9 Å². The molecule has 2 aliphatic rings. The lowest BCUT2D eigenvalue weighted by atomic mass is 9.91. The van der Waals surface area contributed by atoms with E-state index in [0.717, 1.165) is 27.6 Å². The highest BCUT2D eigenvalue weighted by molar-refractivity contribution is 7.90. The quantitative estimate of drug-likeness (QED) is 0.202. The molecular weight excluding hydrogens is 651 g/mol. The van der Waals surface area contributed by atoms with E-state index in [2.05, 4.69) is 36.3 Å². The summed E-state index contributed by atoms with van der Waals surface area (Å²) in [4.78, 5) is 29.7. The summed E-state index contributed by atoms with van der Waals surface area (Å²) in [5, 5.41) is 19.3. The molecule has 0 bridgehead atoms. The third kappa shape index (κ3) is 8.54. The number of carbonyl (C=O) groups excluding carboxylic acids is 2. The van der Waals surface area contributed by atoms with Crippen molar-refractivity contribution in [1.29, 1.82) is 0 Å². The Bertz CT molecular complexity index is 1920. The van der Waals surface area contributed by atoms with Crippen LogP contribution in [0.15, 0.2) is 97.1 Å². The molecule has 0 spiro atoms. The van der Waals surface area contributed by atoms with E-state index in [9.17, 15) is 23.1 Å². The predicted octanol–water partition coefficient (Wildman–Crippen LogP) is 4.97. The maximum atomic E-state index is 13.8. The Labute approximate surface area is 295 Å². The molecule has 5 atom stereocenters. The second kappa shape index (κ2) is 14.9. The zero-order valence-electron chi connectivity index (χ0n) is 28.9. The van der Waals surface area contributed by atoms with E-state index in [-0.39, 0.29) is 47.9 Å². The first-order chi connectivity index (χ1) is 23.9. The van der Waals surface area contributed by atoms with Crippen molar-refractivity contribution < 1.29 is 27.9 Å². The third-order valence-corrected chi connectivity index (χ3v) is 11.4. The highest BCUT2D eigenvalue weighted by Crippen LogP contribution is 2.33. The molecule has 2 amide bonds. The van der Waals surface area contributed by atoms with Crippen LogP contribution in [0.25, 0.3) is 10.8 Å². The average molecular weight is 698 g/mol. The molecule has 4 aromatic carbocycles. The zero-order valence-corrected chi connectivity index (χ0v) is 29.7. The maximum Gasteiger partial charge on any atom is 0.237 e. The Balaban J connectivity index is 1.12. The van der Waals surface area contributed by atoms with Crippen LogP contribution in [0.3, 0.4) is 0 Å². The molecule has 10 heteroatoms. The number of nitrogens with one attached hydrogen (secondary N) is 2. The molecule has 2 aliphatic heterocycles. The average Bonchev–Trinajstić information content (AvgIpc) is 3.52. The summed E-state index contributed by atoms with van der Waals surface area (Å²) >= 11 is 0. The first kappa shape index (κ1) is 35.6. The minimum Gasteiger partial charge on any atom is -0.488 e. The van der Waals surface area contributed by atoms with Crippen molar-refractivity contribution in [2.75, 3.05) is 18.8 Å². The minimum atomic E-state index is -3.40. The fourth-order valence-electron chi connectivity index (χ4n) is 7.33. The minimum absolute atomic E-state index is 0.0264. The van der Waals surface area contributed by atoms with E-state index in [0.29, 0.717) is 24.9 Å². The number of hydrogen-bond acceptors (Lipinski definition) is 7. The number of rotatable bonds is 11. The van der Waals surface area contributed by atoms with Gasteiger partial charge < -0.3 is 20.5 Å². The summed E-state index contributed by atoms with van der Waals surface area (Å²) in [6.45, 7) is 6.77. The lowest BCUT2D eigenvalue weighted by Crippen LogP contribution is -2.52. The van der Waals surface area contributed by atoms with Crippen LogP contribution in [0.5, 0.6) is 5.75 Å². The summed E-state index contributed by atoms with van der Waals surface area (Å²) in [5.74, 6) is -0.628.